The predicted molar refractivity (Wildman–Crippen MR) is 58.9 cm³/mol. The highest BCUT2D eigenvalue weighted by Gasteiger charge is 2.12. The fraction of sp³-hybridized carbons (Fsp3) is 0.100. The van der Waals surface area contributed by atoms with Crippen molar-refractivity contribution in [2.45, 2.75) is 6.04 Å². The molecule has 0 spiro atoms. The summed E-state index contributed by atoms with van der Waals surface area (Å²) >= 11 is 4.98. The highest BCUT2D eigenvalue weighted by molar-refractivity contribution is 7.80. The van der Waals surface area contributed by atoms with Crippen LogP contribution < -0.4 is 10.6 Å². The molecule has 0 aliphatic carbocycles. The molecule has 1 aliphatic heterocycles. The quantitative estimate of drug-likeness (QED) is 0.608. The smallest absolute Gasteiger partial charge is 0.171 e. The third-order valence-electron chi connectivity index (χ3n) is 2.02. The van der Waals surface area contributed by atoms with E-state index in [4.69, 9.17) is 12.2 Å². The summed E-state index contributed by atoms with van der Waals surface area (Å²) < 4.78 is 0. The van der Waals surface area contributed by atoms with Gasteiger partial charge < -0.3 is 15.7 Å². The van der Waals surface area contributed by atoms with Gasteiger partial charge in [0, 0.05) is 6.20 Å². The van der Waals surface area contributed by atoms with Crippen molar-refractivity contribution in [1.82, 2.24) is 10.6 Å². The van der Waals surface area contributed by atoms with Crippen molar-refractivity contribution >= 4 is 17.3 Å². The van der Waals surface area contributed by atoms with E-state index in [0.717, 1.165) is 5.56 Å². The van der Waals surface area contributed by atoms with Crippen LogP contribution in [0.25, 0.3) is 0 Å². The number of hydrogen-bond acceptors (Lipinski definition) is 2. The summed E-state index contributed by atoms with van der Waals surface area (Å²) in [5, 5.41) is 15.9. The zero-order valence-electron chi connectivity index (χ0n) is 7.40. The van der Waals surface area contributed by atoms with Crippen LogP contribution in [-0.4, -0.2) is 10.2 Å². The number of thiocarbonyl (C=S) groups is 1. The monoisotopic (exact) mass is 206 g/mol. The molecule has 3 N–H and O–H groups in total. The average Bonchev–Trinajstić information content (AvgIpc) is 2.18. The number of nitrogens with one attached hydrogen (secondary N) is 2. The molecule has 0 fully saturated rings. The first-order valence-electron chi connectivity index (χ1n) is 4.28. The highest BCUT2D eigenvalue weighted by Crippen LogP contribution is 2.20. The van der Waals surface area contributed by atoms with Crippen LogP contribution in [0.5, 0.6) is 5.75 Å². The predicted octanol–water partition coefficient (Wildman–Crippen LogP) is 1.42. The van der Waals surface area contributed by atoms with E-state index in [1.54, 1.807) is 18.3 Å². The first kappa shape index (κ1) is 9.02. The molecule has 0 saturated carbocycles. The minimum Gasteiger partial charge on any atom is -0.508 e. The summed E-state index contributed by atoms with van der Waals surface area (Å²) in [6.45, 7) is 0. The van der Waals surface area contributed by atoms with E-state index in [1.165, 1.54) is 0 Å². The van der Waals surface area contributed by atoms with Gasteiger partial charge >= 0.3 is 0 Å². The molecule has 3 nitrogen and oxygen atoms in total. The largest absolute Gasteiger partial charge is 0.508 e. The van der Waals surface area contributed by atoms with E-state index in [1.807, 2.05) is 18.2 Å². The second-order valence-electron chi connectivity index (χ2n) is 3.05. The Morgan fingerprint density at radius 3 is 2.93 bits per heavy atom. The lowest BCUT2D eigenvalue weighted by atomic mass is 10.1. The Morgan fingerprint density at radius 1 is 1.36 bits per heavy atom. The SMILES string of the molecule is Oc1cccc([C@H]2C=CNC(=S)N2)c1. The number of rotatable bonds is 1. The highest BCUT2D eigenvalue weighted by atomic mass is 32.1. The van der Waals surface area contributed by atoms with Crippen LogP contribution in [0.2, 0.25) is 0 Å². The van der Waals surface area contributed by atoms with E-state index in [2.05, 4.69) is 10.6 Å². The van der Waals surface area contributed by atoms with Crippen molar-refractivity contribution in [3.05, 3.63) is 42.1 Å². The summed E-state index contributed by atoms with van der Waals surface area (Å²) in [7, 11) is 0. The Morgan fingerprint density at radius 2 is 2.21 bits per heavy atom. The minimum atomic E-state index is 0.0378. The van der Waals surface area contributed by atoms with Crippen molar-refractivity contribution in [2.75, 3.05) is 0 Å². The fourth-order valence-corrected chi connectivity index (χ4v) is 1.56. The topological polar surface area (TPSA) is 44.3 Å². The van der Waals surface area contributed by atoms with E-state index in [9.17, 15) is 5.11 Å². The summed E-state index contributed by atoms with van der Waals surface area (Å²) in [6, 6.07) is 7.15. The van der Waals surface area contributed by atoms with Gasteiger partial charge in [0.15, 0.2) is 5.11 Å². The number of aromatic hydroxyl groups is 1. The van der Waals surface area contributed by atoms with Crippen LogP contribution in [0.15, 0.2) is 36.5 Å². The lowest BCUT2D eigenvalue weighted by Gasteiger charge is -2.21. The Labute approximate surface area is 87.4 Å². The van der Waals surface area contributed by atoms with Crippen molar-refractivity contribution in [3.8, 4) is 5.75 Å². The van der Waals surface area contributed by atoms with Gasteiger partial charge in [0.2, 0.25) is 0 Å². The normalized spacial score (nSPS) is 20.0. The molecule has 4 heteroatoms. The molecule has 0 bridgehead atoms. The molecule has 1 heterocycles. The minimum absolute atomic E-state index is 0.0378. The lowest BCUT2D eigenvalue weighted by molar-refractivity contribution is 0.474. The summed E-state index contributed by atoms with van der Waals surface area (Å²) in [4.78, 5) is 0. The van der Waals surface area contributed by atoms with Gasteiger partial charge in [-0.15, -0.1) is 0 Å². The number of phenols is 1. The van der Waals surface area contributed by atoms with Crippen molar-refractivity contribution in [2.24, 2.45) is 0 Å². The zero-order chi connectivity index (χ0) is 9.97. The molecule has 14 heavy (non-hydrogen) atoms. The van der Waals surface area contributed by atoms with E-state index in [0.29, 0.717) is 5.11 Å². The number of benzene rings is 1. The van der Waals surface area contributed by atoms with Crippen LogP contribution in [0.1, 0.15) is 11.6 Å². The Hall–Kier alpha value is -1.55. The summed E-state index contributed by atoms with van der Waals surface area (Å²) in [6.07, 6.45) is 3.75. The molecule has 1 aromatic carbocycles. The molecular formula is C10H10N2OS. The molecule has 72 valence electrons. The summed E-state index contributed by atoms with van der Waals surface area (Å²) in [5.74, 6) is 0.266. The zero-order valence-corrected chi connectivity index (χ0v) is 8.21. The first-order chi connectivity index (χ1) is 6.75. The van der Waals surface area contributed by atoms with Crippen LogP contribution >= 0.6 is 12.2 Å². The number of hydrogen-bond donors (Lipinski definition) is 3. The molecule has 1 atom stereocenters. The lowest BCUT2D eigenvalue weighted by Crippen LogP contribution is -2.37. The van der Waals surface area contributed by atoms with Gasteiger partial charge in [0.1, 0.15) is 5.75 Å². The van der Waals surface area contributed by atoms with Crippen molar-refractivity contribution in [3.63, 3.8) is 0 Å². The van der Waals surface area contributed by atoms with Gasteiger partial charge in [-0.2, -0.15) is 0 Å². The maximum absolute atomic E-state index is 9.31. The molecule has 1 aromatic rings. The summed E-state index contributed by atoms with van der Waals surface area (Å²) in [5.41, 5.74) is 0.991. The van der Waals surface area contributed by atoms with Gasteiger partial charge in [-0.1, -0.05) is 12.1 Å². The third kappa shape index (κ3) is 1.85. The third-order valence-corrected chi connectivity index (χ3v) is 2.25. The Bertz CT molecular complexity index is 389. The maximum atomic E-state index is 9.31. The Balaban J connectivity index is 2.26. The van der Waals surface area contributed by atoms with E-state index < -0.39 is 0 Å². The average molecular weight is 206 g/mol. The second kappa shape index (κ2) is 3.67. The molecule has 0 unspecified atom stereocenters. The molecular weight excluding hydrogens is 196 g/mol. The molecule has 0 amide bonds. The number of phenolic OH excluding ortho intramolecular Hbond substituents is 1. The van der Waals surface area contributed by atoms with Crippen molar-refractivity contribution in [1.29, 1.82) is 0 Å². The van der Waals surface area contributed by atoms with Gasteiger partial charge in [0.25, 0.3) is 0 Å². The van der Waals surface area contributed by atoms with Gasteiger partial charge in [-0.05, 0) is 36.0 Å². The Kier molecular flexibility index (Phi) is 2.37. The van der Waals surface area contributed by atoms with Crippen molar-refractivity contribution < 1.29 is 5.11 Å². The fourth-order valence-electron chi connectivity index (χ4n) is 1.36. The van der Waals surface area contributed by atoms with Gasteiger partial charge in [-0.3, -0.25) is 0 Å². The van der Waals surface area contributed by atoms with Gasteiger partial charge in [-0.25, -0.2) is 0 Å². The maximum Gasteiger partial charge on any atom is 0.171 e. The molecule has 0 radical (unpaired) electrons. The van der Waals surface area contributed by atoms with Crippen LogP contribution in [0.4, 0.5) is 0 Å². The van der Waals surface area contributed by atoms with Gasteiger partial charge in [0.05, 0.1) is 6.04 Å². The molecule has 0 saturated heterocycles. The standard InChI is InChI=1S/C10H10N2OS/c13-8-3-1-2-7(6-8)9-4-5-11-10(14)12-9/h1-6,9,13H,(H2,11,12,14)/t9-/m1/s1. The van der Waals surface area contributed by atoms with E-state index in [-0.39, 0.29) is 11.8 Å². The molecule has 1 aliphatic rings. The second-order valence-corrected chi connectivity index (χ2v) is 3.46. The molecule has 2 rings (SSSR count). The molecule has 0 aromatic heterocycles. The van der Waals surface area contributed by atoms with Crippen LogP contribution in [0, 0.1) is 0 Å². The van der Waals surface area contributed by atoms with E-state index >= 15 is 0 Å². The van der Waals surface area contributed by atoms with Crippen LogP contribution in [-0.2, 0) is 0 Å². The van der Waals surface area contributed by atoms with Crippen LogP contribution in [0.3, 0.4) is 0 Å². The first-order valence-corrected chi connectivity index (χ1v) is 4.69.